The van der Waals surface area contributed by atoms with Gasteiger partial charge in [-0.1, -0.05) is 28.7 Å². The third-order valence-corrected chi connectivity index (χ3v) is 2.16. The van der Waals surface area contributed by atoms with Gasteiger partial charge in [0.2, 0.25) is 0 Å². The number of hydrogen-bond acceptors (Lipinski definition) is 2. The van der Waals surface area contributed by atoms with Crippen molar-refractivity contribution in [2.75, 3.05) is 11.0 Å². The Kier molecular flexibility index (Phi) is 5.44. The van der Waals surface area contributed by atoms with Crippen molar-refractivity contribution in [2.45, 2.75) is 6.92 Å². The molecule has 0 unspecified atom stereocenters. The van der Waals surface area contributed by atoms with Gasteiger partial charge in [0.15, 0.2) is 0 Å². The van der Waals surface area contributed by atoms with Crippen LogP contribution in [0.5, 0.6) is 0 Å². The second-order valence-corrected chi connectivity index (χ2v) is 3.54. The third-order valence-electron chi connectivity index (χ3n) is 1.65. The van der Waals surface area contributed by atoms with Gasteiger partial charge in [-0.25, -0.2) is 0 Å². The minimum Gasteiger partial charge on any atom is -0.285 e. The quantitative estimate of drug-likeness (QED) is 0.477. The summed E-state index contributed by atoms with van der Waals surface area (Å²) in [4.78, 5) is 8.50. The van der Waals surface area contributed by atoms with Crippen LogP contribution in [-0.2, 0) is 0 Å². The Hall–Kier alpha value is -0.710. The molecule has 0 amide bonds. The highest BCUT2D eigenvalue weighted by Crippen LogP contribution is 2.01. The average Bonchev–Trinajstić information content (AvgIpc) is 2.25. The van der Waals surface area contributed by atoms with Gasteiger partial charge in [-0.05, 0) is 25.1 Å². The molecule has 1 rings (SSSR count). The van der Waals surface area contributed by atoms with Gasteiger partial charge >= 0.3 is 0 Å². The van der Waals surface area contributed by atoms with Gasteiger partial charge < -0.3 is 0 Å². The predicted molar refractivity (Wildman–Crippen MR) is 69.3 cm³/mol. The lowest BCUT2D eigenvalue weighted by Crippen LogP contribution is -1.98. The lowest BCUT2D eigenvalue weighted by molar-refractivity contribution is 1.13. The summed E-state index contributed by atoms with van der Waals surface area (Å²) in [7, 11) is 0. The molecule has 0 aromatic carbocycles. The smallest absolute Gasteiger partial charge is 0.0659 e. The molecule has 0 saturated heterocycles. The molecular formula is C11H13IN2. The lowest BCUT2D eigenvalue weighted by Gasteiger charge is -1.99. The van der Waals surface area contributed by atoms with Crippen LogP contribution in [0.15, 0.2) is 41.7 Å². The zero-order chi connectivity index (χ0) is 10.2. The molecule has 0 atom stereocenters. The van der Waals surface area contributed by atoms with Crippen LogP contribution in [0.1, 0.15) is 12.5 Å². The Morgan fingerprint density at radius 3 is 3.07 bits per heavy atom. The molecule has 0 radical (unpaired) electrons. The molecule has 0 aliphatic carbocycles. The fraction of sp³-hybridized carbons (Fsp3) is 0.273. The van der Waals surface area contributed by atoms with Crippen molar-refractivity contribution in [3.8, 4) is 0 Å². The topological polar surface area (TPSA) is 25.2 Å². The highest BCUT2D eigenvalue weighted by atomic mass is 127. The van der Waals surface area contributed by atoms with E-state index in [9.17, 15) is 0 Å². The Balaban J connectivity index is 2.90. The molecule has 1 aromatic heterocycles. The van der Waals surface area contributed by atoms with Crippen molar-refractivity contribution in [1.82, 2.24) is 4.98 Å². The van der Waals surface area contributed by atoms with Gasteiger partial charge in [0, 0.05) is 28.9 Å². The monoisotopic (exact) mass is 300 g/mol. The van der Waals surface area contributed by atoms with Crippen LogP contribution in [0.3, 0.4) is 0 Å². The Labute approximate surface area is 98.3 Å². The van der Waals surface area contributed by atoms with Crippen molar-refractivity contribution in [1.29, 1.82) is 0 Å². The van der Waals surface area contributed by atoms with E-state index in [0.29, 0.717) is 0 Å². The molecule has 0 aliphatic heterocycles. The number of aromatic nitrogens is 1. The number of hydrogen-bond donors (Lipinski definition) is 0. The van der Waals surface area contributed by atoms with Gasteiger partial charge in [-0.3, -0.25) is 9.98 Å². The van der Waals surface area contributed by atoms with Crippen LogP contribution < -0.4 is 0 Å². The number of aliphatic imine (C=N–C) groups is 1. The summed E-state index contributed by atoms with van der Waals surface area (Å²) >= 11 is 2.31. The van der Waals surface area contributed by atoms with E-state index >= 15 is 0 Å². The van der Waals surface area contributed by atoms with Gasteiger partial charge in [0.1, 0.15) is 0 Å². The molecule has 74 valence electrons. The first-order valence-electron chi connectivity index (χ1n) is 4.55. The predicted octanol–water partition coefficient (Wildman–Crippen LogP) is 2.88. The van der Waals surface area contributed by atoms with Gasteiger partial charge in [0.25, 0.3) is 0 Å². The van der Waals surface area contributed by atoms with Crippen molar-refractivity contribution < 1.29 is 0 Å². The molecule has 0 saturated carbocycles. The first-order chi connectivity index (χ1) is 6.88. The Morgan fingerprint density at radius 2 is 2.50 bits per heavy atom. The van der Waals surface area contributed by atoms with Crippen molar-refractivity contribution in [3.63, 3.8) is 0 Å². The molecule has 0 N–H and O–H groups in total. The summed E-state index contributed by atoms with van der Waals surface area (Å²) in [5.74, 6) is 0. The van der Waals surface area contributed by atoms with Crippen LogP contribution in [-0.4, -0.2) is 21.7 Å². The normalized spacial score (nSPS) is 12.3. The zero-order valence-electron chi connectivity index (χ0n) is 8.15. The van der Waals surface area contributed by atoms with Gasteiger partial charge in [0.05, 0.1) is 5.71 Å². The molecule has 2 nitrogen and oxygen atoms in total. The molecule has 1 heterocycles. The maximum Gasteiger partial charge on any atom is 0.0659 e. The minimum absolute atomic E-state index is 0.801. The second-order valence-electron chi connectivity index (χ2n) is 2.66. The average molecular weight is 300 g/mol. The van der Waals surface area contributed by atoms with Crippen molar-refractivity contribution in [3.05, 3.63) is 42.2 Å². The van der Waals surface area contributed by atoms with Crippen LogP contribution in [0.2, 0.25) is 0 Å². The van der Waals surface area contributed by atoms with E-state index in [2.05, 4.69) is 38.6 Å². The molecule has 0 spiro atoms. The van der Waals surface area contributed by atoms with E-state index in [4.69, 9.17) is 0 Å². The minimum atomic E-state index is 0.801. The highest BCUT2D eigenvalue weighted by molar-refractivity contribution is 14.1. The van der Waals surface area contributed by atoms with Crippen molar-refractivity contribution in [2.24, 2.45) is 4.99 Å². The maximum atomic E-state index is 4.42. The first-order valence-corrected chi connectivity index (χ1v) is 6.08. The van der Waals surface area contributed by atoms with Gasteiger partial charge in [-0.2, -0.15) is 0 Å². The van der Waals surface area contributed by atoms with Crippen LogP contribution in [0, 0.1) is 0 Å². The second kappa shape index (κ2) is 6.70. The van der Waals surface area contributed by atoms with E-state index in [1.807, 2.05) is 31.3 Å². The highest BCUT2D eigenvalue weighted by Gasteiger charge is 1.97. The molecule has 0 bridgehead atoms. The third kappa shape index (κ3) is 3.57. The number of rotatable bonds is 4. The molecule has 3 heteroatoms. The molecule has 0 aliphatic rings. The number of pyridine rings is 1. The number of nitrogens with zero attached hydrogens (tertiary/aromatic N) is 2. The standard InChI is InChI=1S/C11H13IN2/c1-2-14-11(6-3-7-12)10-5-4-8-13-9-10/h3-6,8-9H,2,7H2,1H3/b6-3-,14-11+. The Bertz CT molecular complexity index is 317. The number of allylic oxidation sites excluding steroid dienone is 2. The van der Waals surface area contributed by atoms with Crippen LogP contribution in [0.4, 0.5) is 0 Å². The number of alkyl halides is 1. The fourth-order valence-electron chi connectivity index (χ4n) is 1.08. The molecular weight excluding hydrogens is 287 g/mol. The first kappa shape index (κ1) is 11.4. The largest absolute Gasteiger partial charge is 0.285 e. The van der Waals surface area contributed by atoms with Crippen LogP contribution >= 0.6 is 22.6 Å². The molecule has 14 heavy (non-hydrogen) atoms. The van der Waals surface area contributed by atoms with E-state index < -0.39 is 0 Å². The van der Waals surface area contributed by atoms with E-state index in [1.165, 1.54) is 0 Å². The van der Waals surface area contributed by atoms with E-state index in [-0.39, 0.29) is 0 Å². The molecule has 0 fully saturated rings. The van der Waals surface area contributed by atoms with E-state index in [1.54, 1.807) is 6.20 Å². The summed E-state index contributed by atoms with van der Waals surface area (Å²) < 4.78 is 1.00. The van der Waals surface area contributed by atoms with Crippen LogP contribution in [0.25, 0.3) is 0 Å². The Morgan fingerprint density at radius 1 is 1.64 bits per heavy atom. The maximum absolute atomic E-state index is 4.42. The van der Waals surface area contributed by atoms with Gasteiger partial charge in [-0.15, -0.1) is 0 Å². The number of halogens is 1. The summed E-state index contributed by atoms with van der Waals surface area (Å²) in [6.45, 7) is 2.84. The summed E-state index contributed by atoms with van der Waals surface area (Å²) in [5.41, 5.74) is 2.09. The fourth-order valence-corrected chi connectivity index (χ4v) is 1.34. The van der Waals surface area contributed by atoms with E-state index in [0.717, 1.165) is 22.2 Å². The summed E-state index contributed by atoms with van der Waals surface area (Å²) in [6, 6.07) is 3.96. The summed E-state index contributed by atoms with van der Waals surface area (Å²) in [6.07, 6.45) is 7.76. The zero-order valence-corrected chi connectivity index (χ0v) is 10.3. The molecule has 1 aromatic rings. The van der Waals surface area contributed by atoms with Crippen molar-refractivity contribution >= 4 is 28.3 Å². The lowest BCUT2D eigenvalue weighted by atomic mass is 10.1. The SMILES string of the molecule is CC/N=C(\C=C/CI)c1cccnc1. The summed E-state index contributed by atoms with van der Waals surface area (Å²) in [5, 5.41) is 0.